The van der Waals surface area contributed by atoms with Gasteiger partial charge in [-0.05, 0) is 18.6 Å². The number of carbonyl (C=O) groups is 1. The summed E-state index contributed by atoms with van der Waals surface area (Å²) in [6, 6.07) is 1.79. The molecule has 0 saturated carbocycles. The molecule has 1 atom stereocenters. The van der Waals surface area contributed by atoms with E-state index in [1.165, 1.54) is 12.1 Å². The lowest BCUT2D eigenvalue weighted by atomic mass is 10.00. The second-order valence-corrected chi connectivity index (χ2v) is 3.32. The van der Waals surface area contributed by atoms with E-state index in [0.717, 1.165) is 0 Å². The molecular weight excluding hydrogens is 237 g/mol. The number of hydrogen-bond acceptors (Lipinski definition) is 3. The molecule has 1 rings (SSSR count). The van der Waals surface area contributed by atoms with E-state index in [9.17, 15) is 14.3 Å². The molecule has 0 unspecified atom stereocenters. The number of aromatic hydroxyl groups is 1. The molecule has 0 aromatic heterocycles. The topological polar surface area (TPSA) is 83.5 Å². The maximum atomic E-state index is 12.3. The summed E-state index contributed by atoms with van der Waals surface area (Å²) in [5, 5.41) is 18.3. The van der Waals surface area contributed by atoms with Crippen molar-refractivity contribution in [2.45, 2.75) is 13.0 Å². The van der Waals surface area contributed by atoms with Crippen LogP contribution in [0.1, 0.15) is 27.5 Å². The predicted molar refractivity (Wildman–Crippen MR) is 60.0 cm³/mol. The molecule has 0 bridgehead atoms. The summed E-state index contributed by atoms with van der Waals surface area (Å²) in [4.78, 5) is 10.7. The fourth-order valence-corrected chi connectivity index (χ4v) is 1.34. The van der Waals surface area contributed by atoms with E-state index in [1.54, 1.807) is 6.92 Å². The summed E-state index contributed by atoms with van der Waals surface area (Å²) in [5.74, 6) is -1.72. The molecule has 1 aromatic carbocycles. The molecule has 0 radical (unpaired) electrons. The van der Waals surface area contributed by atoms with Gasteiger partial charge in [0.15, 0.2) is 0 Å². The molecule has 0 saturated heterocycles. The molecule has 0 fully saturated rings. The van der Waals surface area contributed by atoms with E-state index >= 15 is 0 Å². The van der Waals surface area contributed by atoms with E-state index in [1.807, 2.05) is 0 Å². The van der Waals surface area contributed by atoms with Crippen LogP contribution in [0.25, 0.3) is 0 Å². The van der Waals surface area contributed by atoms with Gasteiger partial charge in [0.2, 0.25) is 0 Å². The number of carboxylic acid groups (broad SMARTS) is 1. The highest BCUT2D eigenvalue weighted by Gasteiger charge is 2.18. The third-order valence-corrected chi connectivity index (χ3v) is 2.08. The minimum Gasteiger partial charge on any atom is -0.507 e. The summed E-state index contributed by atoms with van der Waals surface area (Å²) in [6.07, 6.45) is 0. The van der Waals surface area contributed by atoms with Crippen molar-refractivity contribution in [1.82, 2.24) is 0 Å². The zero-order valence-corrected chi connectivity index (χ0v) is 9.42. The number of phenols is 1. The van der Waals surface area contributed by atoms with Crippen LogP contribution >= 0.6 is 12.4 Å². The molecule has 0 aliphatic rings. The maximum absolute atomic E-state index is 12.3. The van der Waals surface area contributed by atoms with Gasteiger partial charge in [-0.1, -0.05) is 6.07 Å². The van der Waals surface area contributed by atoms with Crippen LogP contribution in [0.5, 0.6) is 5.75 Å². The summed E-state index contributed by atoms with van der Waals surface area (Å²) in [6.45, 7) is 0.802. The van der Waals surface area contributed by atoms with Gasteiger partial charge in [-0.2, -0.15) is 0 Å². The Labute approximate surface area is 98.3 Å². The predicted octanol–water partition coefficient (Wildman–Crippen LogP) is 1.79. The molecule has 6 heteroatoms. The summed E-state index contributed by atoms with van der Waals surface area (Å²) < 4.78 is 12.3. The number of nitrogens with two attached hydrogens (primary N) is 1. The second-order valence-electron chi connectivity index (χ2n) is 3.32. The monoisotopic (exact) mass is 249 g/mol. The minimum atomic E-state index is -1.26. The van der Waals surface area contributed by atoms with E-state index in [0.29, 0.717) is 5.56 Å². The highest BCUT2D eigenvalue weighted by molar-refractivity contribution is 5.91. The van der Waals surface area contributed by atoms with Crippen molar-refractivity contribution in [3.63, 3.8) is 0 Å². The summed E-state index contributed by atoms with van der Waals surface area (Å²) >= 11 is 0. The molecule has 0 heterocycles. The average molecular weight is 250 g/mol. The van der Waals surface area contributed by atoms with Crippen LogP contribution in [0.2, 0.25) is 0 Å². The minimum absolute atomic E-state index is 0. The van der Waals surface area contributed by atoms with Crippen molar-refractivity contribution in [2.75, 3.05) is 6.67 Å². The fourth-order valence-electron chi connectivity index (χ4n) is 1.34. The van der Waals surface area contributed by atoms with Gasteiger partial charge in [-0.15, -0.1) is 12.4 Å². The van der Waals surface area contributed by atoms with Crippen LogP contribution < -0.4 is 5.73 Å². The Morgan fingerprint density at radius 2 is 2.12 bits per heavy atom. The second kappa shape index (κ2) is 5.67. The first kappa shape index (κ1) is 14.7. The number of aromatic carboxylic acids is 1. The third-order valence-electron chi connectivity index (χ3n) is 2.08. The molecular formula is C10H13ClFNO3. The molecule has 90 valence electrons. The molecule has 1 aromatic rings. The van der Waals surface area contributed by atoms with Crippen LogP contribution in [0, 0.1) is 6.92 Å². The first-order valence-corrected chi connectivity index (χ1v) is 4.35. The quantitative estimate of drug-likeness (QED) is 0.763. The lowest BCUT2D eigenvalue weighted by Gasteiger charge is -2.12. The average Bonchev–Trinajstić information content (AvgIpc) is 2.19. The van der Waals surface area contributed by atoms with Gasteiger partial charge in [0.25, 0.3) is 0 Å². The largest absolute Gasteiger partial charge is 0.507 e. The highest BCUT2D eigenvalue weighted by atomic mass is 35.5. The Kier molecular flexibility index (Phi) is 5.20. The Bertz CT molecular complexity index is 398. The van der Waals surface area contributed by atoms with E-state index in [-0.39, 0.29) is 23.5 Å². The molecule has 0 aliphatic carbocycles. The van der Waals surface area contributed by atoms with E-state index < -0.39 is 24.4 Å². The number of halogens is 2. The van der Waals surface area contributed by atoms with Gasteiger partial charge in [0, 0.05) is 5.56 Å². The van der Waals surface area contributed by atoms with Gasteiger partial charge in [0.1, 0.15) is 18.0 Å². The van der Waals surface area contributed by atoms with Crippen molar-refractivity contribution >= 4 is 18.4 Å². The SMILES string of the molecule is Cc1cc(C(=O)O)c(O)c([C@@H](N)CF)c1.Cl. The number of hydrogen-bond donors (Lipinski definition) is 3. The fraction of sp³-hybridized carbons (Fsp3) is 0.300. The maximum Gasteiger partial charge on any atom is 0.339 e. The normalized spacial score (nSPS) is 11.7. The van der Waals surface area contributed by atoms with E-state index in [2.05, 4.69) is 0 Å². The number of alkyl halides is 1. The van der Waals surface area contributed by atoms with Gasteiger partial charge >= 0.3 is 5.97 Å². The molecule has 16 heavy (non-hydrogen) atoms. The Morgan fingerprint density at radius 1 is 1.56 bits per heavy atom. The Morgan fingerprint density at radius 3 is 2.56 bits per heavy atom. The molecule has 0 aliphatic heterocycles. The molecule has 4 N–H and O–H groups in total. The van der Waals surface area contributed by atoms with Crippen LogP contribution in [0.3, 0.4) is 0 Å². The van der Waals surface area contributed by atoms with Crippen molar-refractivity contribution in [3.05, 3.63) is 28.8 Å². The van der Waals surface area contributed by atoms with E-state index in [4.69, 9.17) is 10.8 Å². The number of aryl methyl sites for hydroxylation is 1. The van der Waals surface area contributed by atoms with Gasteiger partial charge < -0.3 is 15.9 Å². The third kappa shape index (κ3) is 2.84. The van der Waals surface area contributed by atoms with Crippen LogP contribution in [0.4, 0.5) is 4.39 Å². The zero-order valence-electron chi connectivity index (χ0n) is 8.61. The lowest BCUT2D eigenvalue weighted by molar-refractivity contribution is 0.0693. The zero-order chi connectivity index (χ0) is 11.6. The summed E-state index contributed by atoms with van der Waals surface area (Å²) in [5.41, 5.74) is 5.88. The smallest absolute Gasteiger partial charge is 0.339 e. The van der Waals surface area contributed by atoms with Gasteiger partial charge in [-0.3, -0.25) is 0 Å². The van der Waals surface area contributed by atoms with Gasteiger partial charge in [-0.25, -0.2) is 9.18 Å². The number of rotatable bonds is 3. The number of carboxylic acids is 1. The van der Waals surface area contributed by atoms with Gasteiger partial charge in [0.05, 0.1) is 6.04 Å². The highest BCUT2D eigenvalue weighted by Crippen LogP contribution is 2.28. The van der Waals surface area contributed by atoms with Crippen molar-refractivity contribution < 1.29 is 19.4 Å². The Hall–Kier alpha value is -1.33. The first-order valence-electron chi connectivity index (χ1n) is 4.35. The first-order chi connectivity index (χ1) is 6.97. The number of benzene rings is 1. The van der Waals surface area contributed by atoms with Crippen molar-refractivity contribution in [2.24, 2.45) is 5.73 Å². The van der Waals surface area contributed by atoms with Crippen molar-refractivity contribution in [1.29, 1.82) is 0 Å². The van der Waals surface area contributed by atoms with Crippen molar-refractivity contribution in [3.8, 4) is 5.75 Å². The Balaban J connectivity index is 0.00000225. The molecule has 0 spiro atoms. The van der Waals surface area contributed by atoms with Crippen LogP contribution in [-0.2, 0) is 0 Å². The van der Waals surface area contributed by atoms with Crippen LogP contribution in [0.15, 0.2) is 12.1 Å². The van der Waals surface area contributed by atoms with Crippen LogP contribution in [-0.4, -0.2) is 22.9 Å². The standard InChI is InChI=1S/C10H12FNO3.ClH/c1-5-2-6(8(12)4-11)9(13)7(3-5)10(14)15;/h2-3,8,13H,4,12H2,1H3,(H,14,15);1H/t8-;/m0./s1. The molecule has 0 amide bonds. The molecule has 4 nitrogen and oxygen atoms in total. The lowest BCUT2D eigenvalue weighted by Crippen LogP contribution is -2.14. The summed E-state index contributed by atoms with van der Waals surface area (Å²) in [7, 11) is 0.